The van der Waals surface area contributed by atoms with E-state index in [1.165, 1.54) is 29.0 Å². The molecule has 1 aliphatic heterocycles. The predicted molar refractivity (Wildman–Crippen MR) is 108 cm³/mol. The zero-order valence-corrected chi connectivity index (χ0v) is 16.2. The summed E-state index contributed by atoms with van der Waals surface area (Å²) in [5.74, 6) is -0.0277. The van der Waals surface area contributed by atoms with Crippen LogP contribution in [-0.4, -0.2) is 20.7 Å². The van der Waals surface area contributed by atoms with Gasteiger partial charge in [0, 0.05) is 17.9 Å². The van der Waals surface area contributed by atoms with E-state index < -0.39 is 0 Å². The van der Waals surface area contributed by atoms with E-state index in [0.717, 1.165) is 27.0 Å². The number of rotatable bonds is 2. The molecule has 2 aromatic heterocycles. The van der Waals surface area contributed by atoms with Crippen LogP contribution in [0.1, 0.15) is 34.7 Å². The number of carbonyl (C=O) groups is 1. The molecule has 0 fully saturated rings. The van der Waals surface area contributed by atoms with Gasteiger partial charge in [0.25, 0.3) is 0 Å². The van der Waals surface area contributed by atoms with Gasteiger partial charge in [-0.25, -0.2) is 9.37 Å². The molecule has 1 N–H and O–H groups in total. The fraction of sp³-hybridized carbons (Fsp3) is 0.190. The number of hydrogen-bond acceptors (Lipinski definition) is 4. The summed E-state index contributed by atoms with van der Waals surface area (Å²) in [6.07, 6.45) is 0.266. The number of fused-ring (bicyclic) bond motifs is 2. The van der Waals surface area contributed by atoms with Crippen LogP contribution in [0.2, 0.25) is 0 Å². The third kappa shape index (κ3) is 2.70. The Morgan fingerprint density at radius 2 is 2.07 bits per heavy atom. The summed E-state index contributed by atoms with van der Waals surface area (Å²) >= 11 is 1.53. The van der Waals surface area contributed by atoms with E-state index in [4.69, 9.17) is 4.98 Å². The Morgan fingerprint density at radius 3 is 2.89 bits per heavy atom. The molecule has 1 atom stereocenters. The second-order valence-electron chi connectivity index (χ2n) is 7.09. The number of aryl methyl sites for hydroxylation is 2. The predicted octanol–water partition coefficient (Wildman–Crippen LogP) is 4.71. The second-order valence-corrected chi connectivity index (χ2v) is 8.10. The third-order valence-electron chi connectivity index (χ3n) is 5.07. The molecular formula is C21H17FN4OS. The Bertz CT molecular complexity index is 1240. The molecule has 3 heterocycles. The lowest BCUT2D eigenvalue weighted by Crippen LogP contribution is -2.25. The van der Waals surface area contributed by atoms with Gasteiger partial charge < -0.3 is 5.32 Å². The zero-order valence-electron chi connectivity index (χ0n) is 15.4. The molecule has 1 unspecified atom stereocenters. The molecule has 5 nitrogen and oxygen atoms in total. The molecule has 1 amide bonds. The standard InChI is InChI=1S/C21H17FN4OS/c1-11-6-7-16-17(8-11)28-21(23-16)26-20-19(12(2)25-26)15(10-18(27)24-20)13-4-3-5-14(22)9-13/h3-9,15H,10H2,1-2H3,(H,24,27). The van der Waals surface area contributed by atoms with E-state index in [1.54, 1.807) is 10.7 Å². The molecule has 0 bridgehead atoms. The molecule has 0 spiro atoms. The zero-order chi connectivity index (χ0) is 19.4. The van der Waals surface area contributed by atoms with Gasteiger partial charge >= 0.3 is 0 Å². The summed E-state index contributed by atoms with van der Waals surface area (Å²) < 4.78 is 16.6. The largest absolute Gasteiger partial charge is 0.310 e. The van der Waals surface area contributed by atoms with Gasteiger partial charge in [-0.05, 0) is 49.2 Å². The van der Waals surface area contributed by atoms with Crippen LogP contribution in [0, 0.1) is 19.7 Å². The first-order valence-electron chi connectivity index (χ1n) is 9.02. The van der Waals surface area contributed by atoms with Crippen LogP contribution in [-0.2, 0) is 4.79 Å². The maximum absolute atomic E-state index is 13.8. The Balaban J connectivity index is 1.68. The smallest absolute Gasteiger partial charge is 0.226 e. The van der Waals surface area contributed by atoms with Crippen molar-refractivity contribution < 1.29 is 9.18 Å². The Hall–Kier alpha value is -3.06. The molecule has 2 aromatic carbocycles. The van der Waals surface area contributed by atoms with Crippen LogP contribution in [0.5, 0.6) is 0 Å². The number of amides is 1. The molecule has 7 heteroatoms. The summed E-state index contributed by atoms with van der Waals surface area (Å²) in [5.41, 5.74) is 4.57. The van der Waals surface area contributed by atoms with E-state index in [2.05, 4.69) is 16.5 Å². The second kappa shape index (κ2) is 6.24. The van der Waals surface area contributed by atoms with Crippen molar-refractivity contribution in [3.05, 3.63) is 70.7 Å². The summed E-state index contributed by atoms with van der Waals surface area (Å²) in [6, 6.07) is 12.5. The highest BCUT2D eigenvalue weighted by molar-refractivity contribution is 7.20. The SMILES string of the molecule is Cc1ccc2nc(-n3nc(C)c4c3NC(=O)CC4c3cccc(F)c3)sc2c1. The third-order valence-corrected chi connectivity index (χ3v) is 6.06. The first-order valence-corrected chi connectivity index (χ1v) is 9.83. The van der Waals surface area contributed by atoms with Crippen molar-refractivity contribution in [1.82, 2.24) is 14.8 Å². The van der Waals surface area contributed by atoms with Gasteiger partial charge in [0.1, 0.15) is 11.6 Å². The number of nitrogens with zero attached hydrogens (tertiary/aromatic N) is 3. The topological polar surface area (TPSA) is 59.8 Å². The lowest BCUT2D eigenvalue weighted by molar-refractivity contribution is -0.116. The number of thiazole rings is 1. The van der Waals surface area contributed by atoms with Crippen molar-refractivity contribution in [1.29, 1.82) is 0 Å². The van der Waals surface area contributed by atoms with Crippen molar-refractivity contribution >= 4 is 33.3 Å². The van der Waals surface area contributed by atoms with E-state index >= 15 is 0 Å². The van der Waals surface area contributed by atoms with Crippen molar-refractivity contribution in [2.24, 2.45) is 0 Å². The van der Waals surface area contributed by atoms with Gasteiger partial charge in [0.15, 0.2) is 0 Å². The summed E-state index contributed by atoms with van der Waals surface area (Å²) in [6.45, 7) is 3.96. The van der Waals surface area contributed by atoms with Crippen LogP contribution in [0.3, 0.4) is 0 Å². The highest BCUT2D eigenvalue weighted by Gasteiger charge is 2.33. The Morgan fingerprint density at radius 1 is 1.21 bits per heavy atom. The molecule has 140 valence electrons. The number of hydrogen-bond donors (Lipinski definition) is 1. The highest BCUT2D eigenvalue weighted by atomic mass is 32.1. The minimum absolute atomic E-state index is 0.111. The summed E-state index contributed by atoms with van der Waals surface area (Å²) in [4.78, 5) is 17.1. The van der Waals surface area contributed by atoms with Crippen molar-refractivity contribution in [2.45, 2.75) is 26.2 Å². The Labute approximate surface area is 164 Å². The molecule has 28 heavy (non-hydrogen) atoms. The minimum atomic E-state index is -0.309. The normalized spacial score (nSPS) is 16.2. The van der Waals surface area contributed by atoms with E-state index in [0.29, 0.717) is 10.9 Å². The quantitative estimate of drug-likeness (QED) is 0.537. The van der Waals surface area contributed by atoms with E-state index in [9.17, 15) is 9.18 Å². The van der Waals surface area contributed by atoms with Gasteiger partial charge in [-0.15, -0.1) is 0 Å². The molecule has 0 aliphatic carbocycles. The van der Waals surface area contributed by atoms with E-state index in [1.807, 2.05) is 32.0 Å². The first-order chi connectivity index (χ1) is 13.5. The highest BCUT2D eigenvalue weighted by Crippen LogP contribution is 2.41. The monoisotopic (exact) mass is 392 g/mol. The summed E-state index contributed by atoms with van der Waals surface area (Å²) in [5, 5.41) is 8.32. The molecule has 1 aliphatic rings. The van der Waals surface area contributed by atoms with Crippen LogP contribution >= 0.6 is 11.3 Å². The van der Waals surface area contributed by atoms with Crippen LogP contribution in [0.15, 0.2) is 42.5 Å². The van der Waals surface area contributed by atoms with Crippen molar-refractivity contribution in [2.75, 3.05) is 5.32 Å². The molecule has 0 saturated carbocycles. The molecule has 0 radical (unpaired) electrons. The van der Waals surface area contributed by atoms with E-state index in [-0.39, 0.29) is 24.1 Å². The number of carbonyl (C=O) groups excluding carboxylic acids is 1. The fourth-order valence-corrected chi connectivity index (χ4v) is 4.83. The van der Waals surface area contributed by atoms with Crippen molar-refractivity contribution in [3.63, 3.8) is 0 Å². The lowest BCUT2D eigenvalue weighted by Gasteiger charge is -2.24. The number of nitrogens with one attached hydrogen (secondary N) is 1. The van der Waals surface area contributed by atoms with Crippen molar-refractivity contribution in [3.8, 4) is 5.13 Å². The fourth-order valence-electron chi connectivity index (χ4n) is 3.80. The molecule has 0 saturated heterocycles. The van der Waals surface area contributed by atoms with Crippen LogP contribution in [0.4, 0.5) is 10.2 Å². The maximum atomic E-state index is 13.8. The van der Waals surface area contributed by atoms with Crippen LogP contribution in [0.25, 0.3) is 15.3 Å². The Kier molecular flexibility index (Phi) is 3.80. The van der Waals surface area contributed by atoms with Gasteiger partial charge in [-0.1, -0.05) is 29.5 Å². The number of halogens is 1. The average Bonchev–Trinajstić information content (AvgIpc) is 3.21. The number of benzene rings is 2. The van der Waals surface area contributed by atoms with Gasteiger partial charge in [-0.3, -0.25) is 4.79 Å². The molecular weight excluding hydrogens is 375 g/mol. The first kappa shape index (κ1) is 17.1. The molecule has 4 aromatic rings. The molecule has 5 rings (SSSR count). The maximum Gasteiger partial charge on any atom is 0.226 e. The van der Waals surface area contributed by atoms with Gasteiger partial charge in [0.05, 0.1) is 15.9 Å². The van der Waals surface area contributed by atoms with Gasteiger partial charge in [-0.2, -0.15) is 9.78 Å². The van der Waals surface area contributed by atoms with Crippen LogP contribution < -0.4 is 5.32 Å². The minimum Gasteiger partial charge on any atom is -0.310 e. The summed E-state index contributed by atoms with van der Waals surface area (Å²) in [7, 11) is 0. The lowest BCUT2D eigenvalue weighted by atomic mass is 9.86. The van der Waals surface area contributed by atoms with Gasteiger partial charge in [0.2, 0.25) is 11.0 Å². The number of aromatic nitrogens is 3. The average molecular weight is 392 g/mol. The number of anilines is 1.